The van der Waals surface area contributed by atoms with Crippen molar-refractivity contribution in [3.05, 3.63) is 42.2 Å². The third-order valence-corrected chi connectivity index (χ3v) is 2.10. The van der Waals surface area contributed by atoms with Crippen molar-refractivity contribution in [2.75, 3.05) is 0 Å². The van der Waals surface area contributed by atoms with Gasteiger partial charge in [-0.1, -0.05) is 30.3 Å². The molecule has 0 N–H and O–H groups in total. The van der Waals surface area contributed by atoms with E-state index in [1.807, 2.05) is 6.07 Å². The molecule has 0 spiro atoms. The van der Waals surface area contributed by atoms with Gasteiger partial charge < -0.3 is 0 Å². The van der Waals surface area contributed by atoms with Gasteiger partial charge in [0, 0.05) is 16.6 Å². The van der Waals surface area contributed by atoms with Crippen molar-refractivity contribution < 1.29 is 8.09 Å². The first-order chi connectivity index (χ1) is 5.08. The molecule has 1 radical (unpaired) electrons. The van der Waals surface area contributed by atoms with Crippen molar-refractivity contribution in [1.82, 2.24) is 0 Å². The van der Waals surface area contributed by atoms with Crippen LogP contribution in [0.1, 0.15) is 5.56 Å². The topological polar surface area (TPSA) is 17.1 Å². The second-order valence-corrected chi connectivity index (χ2v) is 4.33. The average molecular weight is 173 g/mol. The van der Waals surface area contributed by atoms with E-state index in [0.29, 0.717) is 0 Å². The molecule has 0 bridgehead atoms. The monoisotopic (exact) mass is 173 g/mol. The minimum atomic E-state index is -3.64. The van der Waals surface area contributed by atoms with Gasteiger partial charge in [0.15, 0.2) is 0 Å². The SMILES string of the molecule is [CH2][SH](=O)(F)Cc1ccccc1. The summed E-state index contributed by atoms with van der Waals surface area (Å²) in [5.74, 6) is -0.0617. The Kier molecular flexibility index (Phi) is 2.39. The second kappa shape index (κ2) is 3.13. The minimum Gasteiger partial charge on any atom is -0.255 e. The van der Waals surface area contributed by atoms with Crippen LogP contribution in [0.3, 0.4) is 0 Å². The molecule has 0 saturated carbocycles. The van der Waals surface area contributed by atoms with Gasteiger partial charge in [-0.3, -0.25) is 4.21 Å². The van der Waals surface area contributed by atoms with E-state index in [9.17, 15) is 8.09 Å². The lowest BCUT2D eigenvalue weighted by molar-refractivity contribution is 0.637. The molecule has 1 aromatic carbocycles. The molecule has 11 heavy (non-hydrogen) atoms. The van der Waals surface area contributed by atoms with Gasteiger partial charge in [-0.2, -0.15) is 3.89 Å². The molecule has 0 amide bonds. The van der Waals surface area contributed by atoms with E-state index in [2.05, 4.69) is 6.26 Å². The Labute approximate surface area is 67.0 Å². The fraction of sp³-hybridized carbons (Fsp3) is 0.125. The Morgan fingerprint density at radius 2 is 1.91 bits per heavy atom. The molecule has 0 atom stereocenters. The molecule has 0 fully saturated rings. The molecule has 0 aliphatic rings. The lowest BCUT2D eigenvalue weighted by Crippen LogP contribution is -2.01. The Morgan fingerprint density at radius 3 is 2.36 bits per heavy atom. The Hall–Kier alpha value is -0.700. The molecule has 0 aliphatic heterocycles. The number of halogens is 1. The molecule has 0 saturated heterocycles. The Bertz CT molecular complexity index is 265. The lowest BCUT2D eigenvalue weighted by Gasteiger charge is -2.06. The van der Waals surface area contributed by atoms with Crippen LogP contribution >= 0.6 is 0 Å². The second-order valence-electron chi connectivity index (χ2n) is 2.43. The van der Waals surface area contributed by atoms with Gasteiger partial charge in [-0.05, 0) is 5.56 Å². The molecular formula is C8H10FOS. The van der Waals surface area contributed by atoms with E-state index >= 15 is 0 Å². The minimum absolute atomic E-state index is 0.0617. The van der Waals surface area contributed by atoms with Crippen molar-refractivity contribution in [1.29, 1.82) is 0 Å². The Balaban J connectivity index is 2.74. The van der Waals surface area contributed by atoms with E-state index in [1.54, 1.807) is 24.3 Å². The first-order valence-electron chi connectivity index (χ1n) is 3.25. The standard InChI is InChI=1S/C8H10FOS/c1-11(9,10)7-8-5-3-2-4-6-8/h2-6,11H,1,7H2. The average Bonchev–Trinajstić information content (AvgIpc) is 1.85. The normalized spacial score (nSPS) is 12.9. The maximum absolute atomic E-state index is 12.5. The number of hydrogen-bond donors (Lipinski definition) is 1. The van der Waals surface area contributed by atoms with Crippen LogP contribution in [0, 0.1) is 6.26 Å². The van der Waals surface area contributed by atoms with E-state index in [0.717, 1.165) is 5.56 Å². The number of rotatable bonds is 2. The molecule has 0 aliphatic carbocycles. The molecule has 3 heteroatoms. The summed E-state index contributed by atoms with van der Waals surface area (Å²) in [5, 5.41) is 0. The first-order valence-corrected chi connectivity index (χ1v) is 5.22. The summed E-state index contributed by atoms with van der Waals surface area (Å²) in [5.41, 5.74) is 0.730. The molecule has 1 aromatic rings. The fourth-order valence-electron chi connectivity index (χ4n) is 0.856. The highest BCUT2D eigenvalue weighted by molar-refractivity contribution is 7.98. The van der Waals surface area contributed by atoms with Crippen LogP contribution in [-0.4, -0.2) is 4.21 Å². The molecule has 1 rings (SSSR count). The predicted molar refractivity (Wildman–Crippen MR) is 46.1 cm³/mol. The smallest absolute Gasteiger partial charge is 0.0517 e. The zero-order chi connectivity index (χ0) is 8.32. The summed E-state index contributed by atoms with van der Waals surface area (Å²) in [4.78, 5) is 0. The summed E-state index contributed by atoms with van der Waals surface area (Å²) < 4.78 is 23.1. The molecular weight excluding hydrogens is 163 g/mol. The fourth-order valence-corrected chi connectivity index (χ4v) is 1.61. The predicted octanol–water partition coefficient (Wildman–Crippen LogP) is 1.88. The maximum Gasteiger partial charge on any atom is 0.0517 e. The molecule has 61 valence electrons. The van der Waals surface area contributed by atoms with Crippen LogP contribution in [0.5, 0.6) is 0 Å². The number of benzene rings is 1. The maximum atomic E-state index is 12.5. The van der Waals surface area contributed by atoms with E-state index in [-0.39, 0.29) is 5.75 Å². The number of hydrogen-bond acceptors (Lipinski definition) is 1. The van der Waals surface area contributed by atoms with Crippen LogP contribution < -0.4 is 0 Å². The highest BCUT2D eigenvalue weighted by atomic mass is 32.3. The van der Waals surface area contributed by atoms with Gasteiger partial charge in [0.25, 0.3) is 0 Å². The van der Waals surface area contributed by atoms with E-state index < -0.39 is 10.3 Å². The van der Waals surface area contributed by atoms with Crippen molar-refractivity contribution in [2.45, 2.75) is 5.75 Å². The molecule has 0 unspecified atom stereocenters. The largest absolute Gasteiger partial charge is 0.255 e. The van der Waals surface area contributed by atoms with Gasteiger partial charge in [-0.15, -0.1) is 0 Å². The van der Waals surface area contributed by atoms with Gasteiger partial charge >= 0.3 is 0 Å². The van der Waals surface area contributed by atoms with E-state index in [4.69, 9.17) is 0 Å². The summed E-state index contributed by atoms with van der Waals surface area (Å²) in [6.45, 7) is 0. The van der Waals surface area contributed by atoms with Crippen LogP contribution in [0.4, 0.5) is 3.89 Å². The highest BCUT2D eigenvalue weighted by Gasteiger charge is 2.04. The zero-order valence-corrected chi connectivity index (χ0v) is 6.93. The van der Waals surface area contributed by atoms with Gasteiger partial charge in [0.05, 0.1) is 5.75 Å². The van der Waals surface area contributed by atoms with Crippen LogP contribution in [-0.2, 0) is 16.1 Å². The Morgan fingerprint density at radius 1 is 1.36 bits per heavy atom. The van der Waals surface area contributed by atoms with Crippen LogP contribution in [0.15, 0.2) is 30.3 Å². The first kappa shape index (κ1) is 8.40. The van der Waals surface area contributed by atoms with Crippen LogP contribution in [0.25, 0.3) is 0 Å². The molecule has 0 aromatic heterocycles. The van der Waals surface area contributed by atoms with Gasteiger partial charge in [-0.25, -0.2) is 0 Å². The zero-order valence-electron chi connectivity index (χ0n) is 6.03. The van der Waals surface area contributed by atoms with Gasteiger partial charge in [0.1, 0.15) is 0 Å². The summed E-state index contributed by atoms with van der Waals surface area (Å²) in [7, 11) is -3.64. The molecule has 1 nitrogen and oxygen atoms in total. The van der Waals surface area contributed by atoms with Crippen molar-refractivity contribution in [3.63, 3.8) is 0 Å². The summed E-state index contributed by atoms with van der Waals surface area (Å²) in [6, 6.07) is 8.86. The van der Waals surface area contributed by atoms with E-state index in [1.165, 1.54) is 0 Å². The third kappa shape index (κ3) is 3.28. The van der Waals surface area contributed by atoms with Gasteiger partial charge in [0.2, 0.25) is 0 Å². The van der Waals surface area contributed by atoms with Crippen molar-refractivity contribution in [3.8, 4) is 0 Å². The van der Waals surface area contributed by atoms with Crippen molar-refractivity contribution >= 4 is 10.3 Å². The highest BCUT2D eigenvalue weighted by Crippen LogP contribution is 2.12. The van der Waals surface area contributed by atoms with Crippen LogP contribution in [0.2, 0.25) is 0 Å². The summed E-state index contributed by atoms with van der Waals surface area (Å²) in [6.07, 6.45) is 2.95. The molecule has 0 heterocycles. The van der Waals surface area contributed by atoms with Crippen molar-refractivity contribution in [2.24, 2.45) is 0 Å². The number of thiol groups is 1. The third-order valence-electron chi connectivity index (χ3n) is 1.26. The quantitative estimate of drug-likeness (QED) is 0.533. The summed E-state index contributed by atoms with van der Waals surface area (Å²) >= 11 is 0. The lowest BCUT2D eigenvalue weighted by atomic mass is 10.2.